The number of non-ortho nitro benzene ring substituents is 1. The molecule has 9 heteroatoms. The molecule has 5 rings (SSSR count). The molecule has 0 saturated heterocycles. The zero-order chi connectivity index (χ0) is 27.7. The number of hydrogen-bond acceptors (Lipinski definition) is 6. The van der Waals surface area contributed by atoms with E-state index in [-0.39, 0.29) is 36.7 Å². The Morgan fingerprint density at radius 2 is 1.74 bits per heavy atom. The molecule has 2 atom stereocenters. The lowest BCUT2D eigenvalue weighted by atomic mass is 9.78. The molecule has 1 amide bonds. The van der Waals surface area contributed by atoms with Gasteiger partial charge in [0.2, 0.25) is 5.91 Å². The van der Waals surface area contributed by atoms with Crippen LogP contribution in [0, 0.1) is 17.0 Å². The van der Waals surface area contributed by atoms with Gasteiger partial charge in [-0.3, -0.25) is 29.4 Å². The van der Waals surface area contributed by atoms with E-state index in [1.165, 1.54) is 12.1 Å². The molecule has 2 aliphatic rings. The van der Waals surface area contributed by atoms with E-state index in [2.05, 4.69) is 5.32 Å². The van der Waals surface area contributed by atoms with Crippen LogP contribution in [0.1, 0.15) is 54.3 Å². The average Bonchev–Trinajstić information content (AvgIpc) is 3.07. The van der Waals surface area contributed by atoms with Crippen molar-refractivity contribution >= 4 is 34.7 Å². The normalized spacial score (nSPS) is 18.5. The number of nitro benzene ring substituents is 1. The van der Waals surface area contributed by atoms with Gasteiger partial charge >= 0.3 is 5.97 Å². The Labute approximate surface area is 224 Å². The molecule has 198 valence electrons. The molecule has 1 heterocycles. The number of amides is 1. The highest BCUT2D eigenvalue weighted by molar-refractivity contribution is 6.06. The summed E-state index contributed by atoms with van der Waals surface area (Å²) in [6, 6.07) is 20.4. The average molecular weight is 526 g/mol. The fourth-order valence-electron chi connectivity index (χ4n) is 5.39. The monoisotopic (exact) mass is 525 g/mol. The minimum atomic E-state index is -1.08. The van der Waals surface area contributed by atoms with Crippen molar-refractivity contribution in [2.24, 2.45) is 0 Å². The van der Waals surface area contributed by atoms with E-state index in [1.807, 2.05) is 43.3 Å². The maximum atomic E-state index is 14.0. The van der Waals surface area contributed by atoms with Gasteiger partial charge in [-0.15, -0.1) is 0 Å². The van der Waals surface area contributed by atoms with Crippen LogP contribution in [0.15, 0.2) is 84.1 Å². The number of para-hydroxylation sites is 2. The Kier molecular flexibility index (Phi) is 6.98. The second kappa shape index (κ2) is 10.5. The van der Waals surface area contributed by atoms with Crippen molar-refractivity contribution < 1.29 is 24.4 Å². The number of carbonyl (C=O) groups is 3. The van der Waals surface area contributed by atoms with E-state index in [1.54, 1.807) is 29.2 Å². The summed E-state index contributed by atoms with van der Waals surface area (Å²) >= 11 is 0. The third-order valence-corrected chi connectivity index (χ3v) is 7.26. The number of fused-ring (bicyclic) bond motifs is 1. The molecule has 0 unspecified atom stereocenters. The van der Waals surface area contributed by atoms with Gasteiger partial charge in [-0.25, -0.2) is 0 Å². The van der Waals surface area contributed by atoms with Crippen LogP contribution in [0.25, 0.3) is 0 Å². The van der Waals surface area contributed by atoms with E-state index in [0.717, 1.165) is 11.1 Å². The zero-order valence-electron chi connectivity index (χ0n) is 21.3. The van der Waals surface area contributed by atoms with E-state index in [9.17, 15) is 29.6 Å². The third-order valence-electron chi connectivity index (χ3n) is 7.26. The molecule has 0 fully saturated rings. The van der Waals surface area contributed by atoms with E-state index >= 15 is 0 Å². The van der Waals surface area contributed by atoms with Gasteiger partial charge < -0.3 is 10.4 Å². The Hall–Kier alpha value is -4.79. The predicted octanol–water partition coefficient (Wildman–Crippen LogP) is 5.67. The Morgan fingerprint density at radius 1 is 1.00 bits per heavy atom. The summed E-state index contributed by atoms with van der Waals surface area (Å²) in [5, 5.41) is 24.0. The zero-order valence-corrected chi connectivity index (χ0v) is 21.3. The molecule has 3 aromatic carbocycles. The van der Waals surface area contributed by atoms with Crippen molar-refractivity contribution in [1.29, 1.82) is 0 Å². The second-order valence-corrected chi connectivity index (χ2v) is 9.89. The summed E-state index contributed by atoms with van der Waals surface area (Å²) in [5.41, 5.74) is 4.68. The van der Waals surface area contributed by atoms with Crippen molar-refractivity contribution in [3.8, 4) is 0 Å². The number of ketones is 1. The van der Waals surface area contributed by atoms with Crippen LogP contribution in [0.4, 0.5) is 17.1 Å². The highest BCUT2D eigenvalue weighted by Gasteiger charge is 2.41. The largest absolute Gasteiger partial charge is 0.481 e. The predicted molar refractivity (Wildman–Crippen MR) is 145 cm³/mol. The number of Topliss-reactive ketones (excluding diaryl/α,β-unsaturated/α-hetero) is 1. The quantitative estimate of drug-likeness (QED) is 0.313. The molecule has 9 nitrogen and oxygen atoms in total. The van der Waals surface area contributed by atoms with Gasteiger partial charge in [0.1, 0.15) is 0 Å². The molecule has 3 aromatic rings. The lowest BCUT2D eigenvalue weighted by molar-refractivity contribution is -0.384. The Balaban J connectivity index is 1.66. The molecule has 1 aliphatic heterocycles. The van der Waals surface area contributed by atoms with Crippen molar-refractivity contribution in [2.75, 3.05) is 10.2 Å². The molecule has 0 bridgehead atoms. The molecule has 0 aromatic heterocycles. The van der Waals surface area contributed by atoms with Gasteiger partial charge in [0.05, 0.1) is 28.8 Å². The van der Waals surface area contributed by atoms with Crippen LogP contribution >= 0.6 is 0 Å². The first kappa shape index (κ1) is 25.8. The topological polar surface area (TPSA) is 130 Å². The highest BCUT2D eigenvalue weighted by Crippen LogP contribution is 2.47. The number of aliphatic carboxylic acids is 1. The van der Waals surface area contributed by atoms with Crippen LogP contribution < -0.4 is 10.2 Å². The number of rotatable bonds is 6. The number of nitro groups is 1. The SMILES string of the molecule is Cc1ccc([C@H]2C3=C(C[C@@H](c4cccc([N+](=O)[O-])c4)CC3=O)Nc3ccccc3N2C(=O)CCC(=O)O)cc1. The molecular weight excluding hydrogens is 498 g/mol. The highest BCUT2D eigenvalue weighted by atomic mass is 16.6. The molecule has 1 aliphatic carbocycles. The fourth-order valence-corrected chi connectivity index (χ4v) is 5.39. The number of hydrogen-bond donors (Lipinski definition) is 2. The Morgan fingerprint density at radius 3 is 2.46 bits per heavy atom. The van der Waals surface area contributed by atoms with Gasteiger partial charge in [0.25, 0.3) is 5.69 Å². The van der Waals surface area contributed by atoms with E-state index in [0.29, 0.717) is 34.6 Å². The molecule has 0 saturated carbocycles. The summed E-state index contributed by atoms with van der Waals surface area (Å²) in [5.74, 6) is -1.94. The molecular formula is C30H27N3O6. The number of carboxylic acid groups (broad SMARTS) is 1. The lowest BCUT2D eigenvalue weighted by Crippen LogP contribution is -2.38. The standard InChI is InChI=1S/C30H27N3O6/c1-18-9-11-19(12-10-18)30-29-24(16-21(17-26(29)34)20-5-4-6-22(15-20)33(38)39)31-23-7-2-3-8-25(23)32(30)27(35)13-14-28(36)37/h2-12,15,21,30-31H,13-14,16-17H2,1H3,(H,36,37)/t21-,30+/m1/s1. The van der Waals surface area contributed by atoms with Gasteiger partial charge in [-0.05, 0) is 42.5 Å². The smallest absolute Gasteiger partial charge is 0.303 e. The Bertz CT molecular complexity index is 1510. The van der Waals surface area contributed by atoms with Gasteiger partial charge in [0, 0.05) is 36.2 Å². The van der Waals surface area contributed by atoms with Gasteiger partial charge in [-0.1, -0.05) is 54.1 Å². The molecule has 39 heavy (non-hydrogen) atoms. The number of aryl methyl sites for hydroxylation is 1. The van der Waals surface area contributed by atoms with Crippen LogP contribution in [-0.4, -0.2) is 27.7 Å². The maximum Gasteiger partial charge on any atom is 0.303 e. The minimum absolute atomic E-state index is 0.0355. The first-order chi connectivity index (χ1) is 18.7. The minimum Gasteiger partial charge on any atom is -0.481 e. The first-order valence-electron chi connectivity index (χ1n) is 12.7. The number of benzene rings is 3. The van der Waals surface area contributed by atoms with Gasteiger partial charge in [0.15, 0.2) is 5.78 Å². The van der Waals surface area contributed by atoms with E-state index in [4.69, 9.17) is 0 Å². The number of carboxylic acids is 1. The van der Waals surface area contributed by atoms with Crippen LogP contribution in [0.5, 0.6) is 0 Å². The fraction of sp³-hybridized carbons (Fsp3) is 0.233. The lowest BCUT2D eigenvalue weighted by Gasteiger charge is -2.35. The van der Waals surface area contributed by atoms with Crippen LogP contribution in [0.2, 0.25) is 0 Å². The van der Waals surface area contributed by atoms with Crippen molar-refractivity contribution in [2.45, 2.75) is 44.6 Å². The number of nitrogens with one attached hydrogen (secondary N) is 1. The summed E-state index contributed by atoms with van der Waals surface area (Å²) in [6.07, 6.45) is -0.0208. The summed E-state index contributed by atoms with van der Waals surface area (Å²) in [6.45, 7) is 1.95. The molecule has 0 spiro atoms. The first-order valence-corrected chi connectivity index (χ1v) is 12.7. The van der Waals surface area contributed by atoms with Gasteiger partial charge in [-0.2, -0.15) is 0 Å². The van der Waals surface area contributed by atoms with Crippen LogP contribution in [-0.2, 0) is 14.4 Å². The second-order valence-electron chi connectivity index (χ2n) is 9.89. The number of allylic oxidation sites excluding steroid dienone is 1. The number of carbonyl (C=O) groups excluding carboxylic acids is 2. The summed E-state index contributed by atoms with van der Waals surface area (Å²) in [4.78, 5) is 51.4. The van der Waals surface area contributed by atoms with Crippen molar-refractivity contribution in [3.05, 3.63) is 111 Å². The summed E-state index contributed by atoms with van der Waals surface area (Å²) < 4.78 is 0. The molecule has 2 N–H and O–H groups in total. The third kappa shape index (κ3) is 5.16. The van der Waals surface area contributed by atoms with Crippen LogP contribution in [0.3, 0.4) is 0 Å². The van der Waals surface area contributed by atoms with Crippen molar-refractivity contribution in [3.63, 3.8) is 0 Å². The maximum absolute atomic E-state index is 14.0. The summed E-state index contributed by atoms with van der Waals surface area (Å²) in [7, 11) is 0. The van der Waals surface area contributed by atoms with E-state index < -0.39 is 22.8 Å². The molecule has 0 radical (unpaired) electrons. The number of anilines is 2. The number of nitrogens with zero attached hydrogens (tertiary/aromatic N) is 2. The van der Waals surface area contributed by atoms with Crippen molar-refractivity contribution in [1.82, 2.24) is 0 Å².